The third kappa shape index (κ3) is 3.78. The number of phenols is 1. The first-order chi connectivity index (χ1) is 10.9. The number of esters is 1. The van der Waals surface area contributed by atoms with Crippen LogP contribution in [0.15, 0.2) is 24.3 Å². The second-order valence-corrected chi connectivity index (χ2v) is 7.25. The molecule has 1 N–H and O–H groups in total. The van der Waals surface area contributed by atoms with Gasteiger partial charge in [-0.25, -0.2) is 0 Å². The molecule has 1 aromatic carbocycles. The minimum Gasteiger partial charge on any atom is -0.508 e. The number of phenolic OH excluding ortho intramolecular Hbond substituents is 1. The topological polar surface area (TPSA) is 53.0 Å². The number of cyclic esters (lactones) is 1. The van der Waals surface area contributed by atoms with Crippen LogP contribution in [0.25, 0.3) is 0 Å². The standard InChI is InChI=1S/C18H26N2O3/c1-18(2)13-16(23-17(18)22)6-7-19-8-10-20(11-9-19)14-4-3-5-15(21)12-14/h3-5,12,16,21H,6-11,13H2,1-2H3/t16-/m0/s1. The number of hydrogen-bond acceptors (Lipinski definition) is 5. The Hall–Kier alpha value is -1.75. The van der Waals surface area contributed by atoms with Crippen molar-refractivity contribution in [2.45, 2.75) is 32.8 Å². The predicted octanol–water partition coefficient (Wildman–Crippen LogP) is 2.25. The quantitative estimate of drug-likeness (QED) is 0.863. The Bertz CT molecular complexity index is 565. The number of aromatic hydroxyl groups is 1. The molecule has 3 rings (SSSR count). The van der Waals surface area contributed by atoms with Gasteiger partial charge in [0.1, 0.15) is 11.9 Å². The fraction of sp³-hybridized carbons (Fsp3) is 0.611. The lowest BCUT2D eigenvalue weighted by Gasteiger charge is -2.36. The summed E-state index contributed by atoms with van der Waals surface area (Å²) < 4.78 is 5.47. The second kappa shape index (κ2) is 6.40. The third-order valence-electron chi connectivity index (χ3n) is 4.90. The van der Waals surface area contributed by atoms with Gasteiger partial charge in [0, 0.05) is 44.5 Å². The van der Waals surface area contributed by atoms with Gasteiger partial charge in [-0.1, -0.05) is 6.07 Å². The van der Waals surface area contributed by atoms with Crippen molar-refractivity contribution >= 4 is 11.7 Å². The van der Waals surface area contributed by atoms with E-state index in [4.69, 9.17) is 4.74 Å². The normalized spacial score (nSPS) is 24.7. The zero-order valence-electron chi connectivity index (χ0n) is 14.0. The molecule has 0 aromatic heterocycles. The third-order valence-corrected chi connectivity index (χ3v) is 4.90. The summed E-state index contributed by atoms with van der Waals surface area (Å²) in [7, 11) is 0. The molecular weight excluding hydrogens is 292 g/mol. The number of nitrogens with zero attached hydrogens (tertiary/aromatic N) is 2. The van der Waals surface area contributed by atoms with E-state index in [1.807, 2.05) is 32.0 Å². The van der Waals surface area contributed by atoms with Crippen LogP contribution in [-0.4, -0.2) is 54.8 Å². The highest BCUT2D eigenvalue weighted by atomic mass is 16.6. The number of carbonyl (C=O) groups excluding carboxylic acids is 1. The smallest absolute Gasteiger partial charge is 0.311 e. The predicted molar refractivity (Wildman–Crippen MR) is 89.7 cm³/mol. The molecule has 0 unspecified atom stereocenters. The summed E-state index contributed by atoms with van der Waals surface area (Å²) in [4.78, 5) is 16.5. The van der Waals surface area contributed by atoms with Gasteiger partial charge in [0.15, 0.2) is 0 Å². The molecule has 1 aromatic rings. The molecule has 1 atom stereocenters. The molecule has 23 heavy (non-hydrogen) atoms. The number of carbonyl (C=O) groups is 1. The molecule has 5 nitrogen and oxygen atoms in total. The molecule has 126 valence electrons. The first-order valence-electron chi connectivity index (χ1n) is 8.41. The van der Waals surface area contributed by atoms with E-state index in [0.717, 1.165) is 51.3 Å². The van der Waals surface area contributed by atoms with Crippen molar-refractivity contribution in [3.8, 4) is 5.75 Å². The molecule has 2 aliphatic rings. The molecular formula is C18H26N2O3. The molecule has 2 saturated heterocycles. The summed E-state index contributed by atoms with van der Waals surface area (Å²) in [6.07, 6.45) is 1.82. The molecule has 0 radical (unpaired) electrons. The highest BCUT2D eigenvalue weighted by Gasteiger charge is 2.41. The van der Waals surface area contributed by atoms with E-state index in [0.29, 0.717) is 5.75 Å². The van der Waals surface area contributed by atoms with E-state index in [1.54, 1.807) is 6.07 Å². The lowest BCUT2D eigenvalue weighted by Crippen LogP contribution is -2.47. The Labute approximate surface area is 137 Å². The van der Waals surface area contributed by atoms with Crippen LogP contribution in [0.1, 0.15) is 26.7 Å². The number of hydrogen-bond donors (Lipinski definition) is 1. The number of ether oxygens (including phenoxy) is 1. The number of benzene rings is 1. The number of anilines is 1. The fourth-order valence-corrected chi connectivity index (χ4v) is 3.41. The van der Waals surface area contributed by atoms with Gasteiger partial charge in [-0.3, -0.25) is 9.69 Å². The zero-order chi connectivity index (χ0) is 16.4. The Morgan fingerprint density at radius 1 is 1.26 bits per heavy atom. The van der Waals surface area contributed by atoms with Gasteiger partial charge in [0.2, 0.25) is 0 Å². The van der Waals surface area contributed by atoms with Crippen molar-refractivity contribution in [2.75, 3.05) is 37.6 Å². The summed E-state index contributed by atoms with van der Waals surface area (Å²) in [5, 5.41) is 9.59. The summed E-state index contributed by atoms with van der Waals surface area (Å²) in [6, 6.07) is 7.43. The highest BCUT2D eigenvalue weighted by molar-refractivity contribution is 5.78. The van der Waals surface area contributed by atoms with Crippen LogP contribution in [0.5, 0.6) is 5.75 Å². The van der Waals surface area contributed by atoms with Crippen molar-refractivity contribution in [1.82, 2.24) is 4.90 Å². The molecule has 2 fully saturated rings. The van der Waals surface area contributed by atoms with Crippen LogP contribution in [0.3, 0.4) is 0 Å². The first-order valence-corrected chi connectivity index (χ1v) is 8.41. The summed E-state index contributed by atoms with van der Waals surface area (Å²) in [6.45, 7) is 8.81. The Kier molecular flexibility index (Phi) is 4.48. The maximum absolute atomic E-state index is 11.7. The van der Waals surface area contributed by atoms with Crippen LogP contribution in [0.2, 0.25) is 0 Å². The van der Waals surface area contributed by atoms with Crippen LogP contribution in [0.4, 0.5) is 5.69 Å². The average Bonchev–Trinajstić information content (AvgIpc) is 2.78. The molecule has 2 heterocycles. The molecule has 0 aliphatic carbocycles. The zero-order valence-corrected chi connectivity index (χ0v) is 14.0. The van der Waals surface area contributed by atoms with Gasteiger partial charge < -0.3 is 14.7 Å². The largest absolute Gasteiger partial charge is 0.508 e. The Morgan fingerprint density at radius 3 is 2.61 bits per heavy atom. The molecule has 0 bridgehead atoms. The lowest BCUT2D eigenvalue weighted by molar-refractivity contribution is -0.147. The van der Waals surface area contributed by atoms with Crippen molar-refractivity contribution in [3.63, 3.8) is 0 Å². The van der Waals surface area contributed by atoms with E-state index in [-0.39, 0.29) is 17.5 Å². The maximum Gasteiger partial charge on any atom is 0.311 e. The van der Waals surface area contributed by atoms with Gasteiger partial charge in [-0.15, -0.1) is 0 Å². The molecule has 0 spiro atoms. The van der Waals surface area contributed by atoms with Crippen molar-refractivity contribution in [3.05, 3.63) is 24.3 Å². The Balaban J connectivity index is 1.44. The van der Waals surface area contributed by atoms with E-state index in [2.05, 4.69) is 9.80 Å². The van der Waals surface area contributed by atoms with Gasteiger partial charge in [-0.05, 0) is 38.8 Å². The summed E-state index contributed by atoms with van der Waals surface area (Å²) >= 11 is 0. The van der Waals surface area contributed by atoms with Crippen LogP contribution in [-0.2, 0) is 9.53 Å². The van der Waals surface area contributed by atoms with E-state index in [1.165, 1.54) is 0 Å². The van der Waals surface area contributed by atoms with Gasteiger partial charge in [-0.2, -0.15) is 0 Å². The second-order valence-electron chi connectivity index (χ2n) is 7.25. The molecule has 2 aliphatic heterocycles. The maximum atomic E-state index is 11.7. The molecule has 0 saturated carbocycles. The monoisotopic (exact) mass is 318 g/mol. The minimum absolute atomic E-state index is 0.0591. The first kappa shape index (κ1) is 16.1. The van der Waals surface area contributed by atoms with Gasteiger partial charge in [0.25, 0.3) is 0 Å². The van der Waals surface area contributed by atoms with Crippen molar-refractivity contribution in [1.29, 1.82) is 0 Å². The average molecular weight is 318 g/mol. The van der Waals surface area contributed by atoms with Crippen molar-refractivity contribution < 1.29 is 14.6 Å². The van der Waals surface area contributed by atoms with Gasteiger partial charge >= 0.3 is 5.97 Å². The van der Waals surface area contributed by atoms with Crippen LogP contribution in [0, 0.1) is 5.41 Å². The van der Waals surface area contributed by atoms with E-state index in [9.17, 15) is 9.90 Å². The lowest BCUT2D eigenvalue weighted by atomic mass is 9.89. The van der Waals surface area contributed by atoms with Crippen LogP contribution < -0.4 is 4.90 Å². The SMILES string of the molecule is CC1(C)C[C@H](CCN2CCN(c3cccc(O)c3)CC2)OC1=O. The molecule has 5 heteroatoms. The number of piperazine rings is 1. The van der Waals surface area contributed by atoms with E-state index >= 15 is 0 Å². The van der Waals surface area contributed by atoms with Crippen molar-refractivity contribution in [2.24, 2.45) is 5.41 Å². The number of rotatable bonds is 4. The highest BCUT2D eigenvalue weighted by Crippen LogP contribution is 2.34. The van der Waals surface area contributed by atoms with E-state index < -0.39 is 0 Å². The minimum atomic E-state index is -0.321. The Morgan fingerprint density at radius 2 is 2.00 bits per heavy atom. The molecule has 0 amide bonds. The van der Waals surface area contributed by atoms with Gasteiger partial charge in [0.05, 0.1) is 5.41 Å². The van der Waals surface area contributed by atoms with Crippen LogP contribution >= 0.6 is 0 Å². The summed E-state index contributed by atoms with van der Waals surface area (Å²) in [5.74, 6) is 0.256. The fourth-order valence-electron chi connectivity index (χ4n) is 3.41. The summed E-state index contributed by atoms with van der Waals surface area (Å²) in [5.41, 5.74) is 0.759.